The lowest BCUT2D eigenvalue weighted by Gasteiger charge is -2.22. The first-order chi connectivity index (χ1) is 10.2. The van der Waals surface area contributed by atoms with E-state index < -0.39 is 0 Å². The third kappa shape index (κ3) is 2.64. The Balaban J connectivity index is 1.90. The highest BCUT2D eigenvalue weighted by atomic mass is 16.2. The number of benzene rings is 2. The highest BCUT2D eigenvalue weighted by Crippen LogP contribution is 2.23. The molecule has 0 saturated heterocycles. The summed E-state index contributed by atoms with van der Waals surface area (Å²) in [5, 5.41) is 0. The molecule has 1 amide bonds. The van der Waals surface area contributed by atoms with Crippen molar-refractivity contribution >= 4 is 11.6 Å². The molecule has 1 heterocycles. The maximum absolute atomic E-state index is 12.8. The summed E-state index contributed by atoms with van der Waals surface area (Å²) in [5.41, 5.74) is 10.8. The van der Waals surface area contributed by atoms with E-state index in [2.05, 4.69) is 18.2 Å². The maximum Gasteiger partial charge on any atom is 0.256 e. The van der Waals surface area contributed by atoms with E-state index in [0.29, 0.717) is 17.8 Å². The number of carbonyl (C=O) groups is 1. The van der Waals surface area contributed by atoms with E-state index in [1.165, 1.54) is 11.1 Å². The van der Waals surface area contributed by atoms with Gasteiger partial charge in [-0.15, -0.1) is 0 Å². The fourth-order valence-electron chi connectivity index (χ4n) is 2.91. The zero-order valence-electron chi connectivity index (χ0n) is 12.3. The van der Waals surface area contributed by atoms with Crippen LogP contribution in [0.1, 0.15) is 33.5 Å². The number of nitrogen functional groups attached to an aromatic ring is 1. The van der Waals surface area contributed by atoms with Crippen LogP contribution in [0.15, 0.2) is 42.5 Å². The minimum atomic E-state index is 0.0351. The van der Waals surface area contributed by atoms with Gasteiger partial charge >= 0.3 is 0 Å². The molecule has 3 nitrogen and oxygen atoms in total. The lowest BCUT2D eigenvalue weighted by Crippen LogP contribution is -2.31. The normalized spacial score (nSPS) is 14.4. The van der Waals surface area contributed by atoms with Gasteiger partial charge in [-0.05, 0) is 42.5 Å². The maximum atomic E-state index is 12.8. The number of nitrogens with zero attached hydrogens (tertiary/aromatic N) is 1. The highest BCUT2D eigenvalue weighted by Gasteiger charge is 2.21. The van der Waals surface area contributed by atoms with Crippen LogP contribution in [0.5, 0.6) is 0 Å². The third-order valence-electron chi connectivity index (χ3n) is 4.20. The Labute approximate surface area is 125 Å². The van der Waals surface area contributed by atoms with Crippen molar-refractivity contribution in [3.8, 4) is 0 Å². The molecule has 3 rings (SSSR count). The van der Waals surface area contributed by atoms with Gasteiger partial charge in [0, 0.05) is 18.8 Å². The van der Waals surface area contributed by atoms with Crippen LogP contribution in [-0.2, 0) is 13.0 Å². The summed E-state index contributed by atoms with van der Waals surface area (Å²) in [6.07, 6.45) is 2.03. The van der Waals surface area contributed by atoms with Gasteiger partial charge < -0.3 is 10.6 Å². The molecule has 2 N–H and O–H groups in total. The Morgan fingerprint density at radius 3 is 2.67 bits per heavy atom. The SMILES string of the molecule is Cc1cccc(C(=O)N2CCCc3ccccc3C2)c1N. The fraction of sp³-hybridized carbons (Fsp3) is 0.278. The number of para-hydroxylation sites is 1. The second kappa shape index (κ2) is 5.60. The van der Waals surface area contributed by atoms with Gasteiger partial charge in [0.25, 0.3) is 5.91 Å². The molecule has 0 aliphatic carbocycles. The minimum Gasteiger partial charge on any atom is -0.398 e. The van der Waals surface area contributed by atoms with Crippen molar-refractivity contribution < 1.29 is 4.79 Å². The molecular weight excluding hydrogens is 260 g/mol. The predicted octanol–water partition coefficient (Wildman–Crippen LogP) is 3.17. The molecule has 3 heteroatoms. The van der Waals surface area contributed by atoms with Crippen molar-refractivity contribution in [3.63, 3.8) is 0 Å². The molecule has 1 aliphatic rings. The smallest absolute Gasteiger partial charge is 0.256 e. The van der Waals surface area contributed by atoms with Crippen LogP contribution in [0, 0.1) is 6.92 Å². The summed E-state index contributed by atoms with van der Waals surface area (Å²) in [7, 11) is 0. The molecule has 1 aliphatic heterocycles. The molecule has 0 radical (unpaired) electrons. The first kappa shape index (κ1) is 13.7. The number of fused-ring (bicyclic) bond motifs is 1. The number of amides is 1. The van der Waals surface area contributed by atoms with Gasteiger partial charge in [-0.1, -0.05) is 36.4 Å². The molecule has 2 aromatic carbocycles. The largest absolute Gasteiger partial charge is 0.398 e. The van der Waals surface area contributed by atoms with E-state index in [4.69, 9.17) is 5.73 Å². The monoisotopic (exact) mass is 280 g/mol. The standard InChI is InChI=1S/C18H20N2O/c1-13-6-4-10-16(17(13)19)18(21)20-11-5-9-14-7-2-3-8-15(14)12-20/h2-4,6-8,10H,5,9,11-12,19H2,1H3. The number of rotatable bonds is 1. The molecule has 0 bridgehead atoms. The van der Waals surface area contributed by atoms with E-state index in [9.17, 15) is 4.79 Å². The average molecular weight is 280 g/mol. The minimum absolute atomic E-state index is 0.0351. The van der Waals surface area contributed by atoms with Crippen LogP contribution in [0.25, 0.3) is 0 Å². The molecule has 108 valence electrons. The van der Waals surface area contributed by atoms with Crippen molar-refractivity contribution in [1.82, 2.24) is 4.90 Å². The van der Waals surface area contributed by atoms with Crippen LogP contribution >= 0.6 is 0 Å². The van der Waals surface area contributed by atoms with Gasteiger partial charge in [-0.25, -0.2) is 0 Å². The summed E-state index contributed by atoms with van der Waals surface area (Å²) in [6.45, 7) is 3.38. The molecular formula is C18H20N2O. The van der Waals surface area contributed by atoms with Crippen molar-refractivity contribution in [3.05, 3.63) is 64.7 Å². The van der Waals surface area contributed by atoms with Crippen LogP contribution in [0.4, 0.5) is 5.69 Å². The first-order valence-electron chi connectivity index (χ1n) is 7.38. The number of aryl methyl sites for hydroxylation is 2. The van der Waals surface area contributed by atoms with Crippen molar-refractivity contribution in [1.29, 1.82) is 0 Å². The molecule has 2 aromatic rings. The molecule has 0 saturated carbocycles. The van der Waals surface area contributed by atoms with E-state index in [1.54, 1.807) is 0 Å². The molecule has 0 spiro atoms. The summed E-state index contributed by atoms with van der Waals surface area (Å²) in [4.78, 5) is 14.7. The number of hydrogen-bond donors (Lipinski definition) is 1. The number of hydrogen-bond acceptors (Lipinski definition) is 2. The van der Waals surface area contributed by atoms with E-state index >= 15 is 0 Å². The lowest BCUT2D eigenvalue weighted by atomic mass is 10.0. The van der Waals surface area contributed by atoms with Crippen molar-refractivity contribution in [2.24, 2.45) is 0 Å². The Morgan fingerprint density at radius 1 is 1.10 bits per heavy atom. The van der Waals surface area contributed by atoms with Crippen LogP contribution in [0.3, 0.4) is 0 Å². The van der Waals surface area contributed by atoms with Gasteiger partial charge in [0.15, 0.2) is 0 Å². The van der Waals surface area contributed by atoms with Crippen LogP contribution < -0.4 is 5.73 Å². The number of nitrogens with two attached hydrogens (primary N) is 1. The Kier molecular flexibility index (Phi) is 3.65. The summed E-state index contributed by atoms with van der Waals surface area (Å²) < 4.78 is 0. The van der Waals surface area contributed by atoms with Crippen molar-refractivity contribution in [2.45, 2.75) is 26.3 Å². The summed E-state index contributed by atoms with van der Waals surface area (Å²) in [5.74, 6) is 0.0351. The first-order valence-corrected chi connectivity index (χ1v) is 7.38. The lowest BCUT2D eigenvalue weighted by molar-refractivity contribution is 0.0747. The zero-order valence-corrected chi connectivity index (χ0v) is 12.3. The molecule has 0 atom stereocenters. The van der Waals surface area contributed by atoms with Gasteiger partial charge in [-0.2, -0.15) is 0 Å². The van der Waals surface area contributed by atoms with Gasteiger partial charge in [0.1, 0.15) is 0 Å². The van der Waals surface area contributed by atoms with E-state index in [-0.39, 0.29) is 5.91 Å². The molecule has 0 fully saturated rings. The number of carbonyl (C=O) groups excluding carboxylic acids is 1. The number of anilines is 1. The van der Waals surface area contributed by atoms with Gasteiger partial charge in [0.2, 0.25) is 0 Å². The zero-order chi connectivity index (χ0) is 14.8. The molecule has 21 heavy (non-hydrogen) atoms. The van der Waals surface area contributed by atoms with Crippen LogP contribution in [-0.4, -0.2) is 17.4 Å². The predicted molar refractivity (Wildman–Crippen MR) is 85.1 cm³/mol. The van der Waals surface area contributed by atoms with E-state index in [1.807, 2.05) is 36.1 Å². The van der Waals surface area contributed by atoms with E-state index in [0.717, 1.165) is 24.9 Å². The summed E-state index contributed by atoms with van der Waals surface area (Å²) in [6, 6.07) is 14.0. The highest BCUT2D eigenvalue weighted by molar-refractivity contribution is 5.99. The second-order valence-corrected chi connectivity index (χ2v) is 5.64. The second-order valence-electron chi connectivity index (χ2n) is 5.64. The average Bonchev–Trinajstić information content (AvgIpc) is 2.71. The fourth-order valence-corrected chi connectivity index (χ4v) is 2.91. The third-order valence-corrected chi connectivity index (χ3v) is 4.20. The van der Waals surface area contributed by atoms with Crippen LogP contribution in [0.2, 0.25) is 0 Å². The van der Waals surface area contributed by atoms with Crippen molar-refractivity contribution in [2.75, 3.05) is 12.3 Å². The van der Waals surface area contributed by atoms with Gasteiger partial charge in [-0.3, -0.25) is 4.79 Å². The topological polar surface area (TPSA) is 46.3 Å². The Morgan fingerprint density at radius 2 is 1.86 bits per heavy atom. The Bertz CT molecular complexity index is 679. The Hall–Kier alpha value is -2.29. The molecule has 0 aromatic heterocycles. The molecule has 0 unspecified atom stereocenters. The van der Waals surface area contributed by atoms with Gasteiger partial charge in [0.05, 0.1) is 5.56 Å². The summed E-state index contributed by atoms with van der Waals surface area (Å²) >= 11 is 0. The quantitative estimate of drug-likeness (QED) is 0.816.